The Bertz CT molecular complexity index is 1110. The number of carbonyl (C=O) groups excluding carboxylic acids is 2. The van der Waals surface area contributed by atoms with E-state index in [9.17, 15) is 14.4 Å². The Morgan fingerprint density at radius 3 is 2.89 bits per heavy atom. The van der Waals surface area contributed by atoms with E-state index in [0.717, 1.165) is 0 Å². The van der Waals surface area contributed by atoms with Gasteiger partial charge >= 0.3 is 0 Å². The number of aromatic nitrogens is 2. The average molecular weight is 398 g/mol. The van der Waals surface area contributed by atoms with Crippen LogP contribution in [0, 0.1) is 0 Å². The Kier molecular flexibility index (Phi) is 4.77. The quantitative estimate of drug-likeness (QED) is 0.604. The molecule has 2 amide bonds. The van der Waals surface area contributed by atoms with Crippen LogP contribution < -0.4 is 25.7 Å². The Balaban J connectivity index is 1.36. The summed E-state index contributed by atoms with van der Waals surface area (Å²) in [6, 6.07) is 8.10. The van der Waals surface area contributed by atoms with Crippen molar-refractivity contribution in [2.45, 2.75) is 6.42 Å². The van der Waals surface area contributed by atoms with Crippen molar-refractivity contribution in [3.8, 4) is 11.5 Å². The molecule has 1 aliphatic rings. The third kappa shape index (κ3) is 3.86. The minimum absolute atomic E-state index is 0.0141. The molecule has 0 fully saturated rings. The second-order valence-corrected chi connectivity index (χ2v) is 6.66. The molecule has 0 bridgehead atoms. The van der Waals surface area contributed by atoms with E-state index < -0.39 is 11.5 Å². The van der Waals surface area contributed by atoms with Gasteiger partial charge in [0.15, 0.2) is 16.6 Å². The third-order valence-corrected chi connectivity index (χ3v) is 4.64. The fraction of sp³-hybridized carbons (Fsp3) is 0.111. The Labute approximate surface area is 162 Å². The molecule has 3 N–H and O–H groups in total. The summed E-state index contributed by atoms with van der Waals surface area (Å²) in [5, 5.41) is 7.29. The molecule has 0 unspecified atom stereocenters. The molecular weight excluding hydrogens is 384 g/mol. The number of thiazole rings is 1. The summed E-state index contributed by atoms with van der Waals surface area (Å²) in [5.41, 5.74) is 0.585. The third-order valence-electron chi connectivity index (χ3n) is 3.83. The highest BCUT2D eigenvalue weighted by molar-refractivity contribution is 7.14. The van der Waals surface area contributed by atoms with Crippen LogP contribution in [0.5, 0.6) is 11.5 Å². The van der Waals surface area contributed by atoms with E-state index >= 15 is 0 Å². The maximum Gasteiger partial charge on any atom is 0.263 e. The van der Waals surface area contributed by atoms with Gasteiger partial charge in [-0.3, -0.25) is 19.7 Å². The van der Waals surface area contributed by atoms with Crippen LogP contribution in [0.3, 0.4) is 0 Å². The predicted molar refractivity (Wildman–Crippen MR) is 102 cm³/mol. The van der Waals surface area contributed by atoms with E-state index in [0.29, 0.717) is 28.0 Å². The summed E-state index contributed by atoms with van der Waals surface area (Å²) in [6.07, 6.45) is 1.48. The molecule has 10 heteroatoms. The molecule has 3 heterocycles. The molecule has 1 aromatic carbocycles. The molecule has 0 saturated heterocycles. The van der Waals surface area contributed by atoms with Crippen LogP contribution in [0.4, 0.5) is 10.8 Å². The minimum atomic E-state index is -0.562. The van der Waals surface area contributed by atoms with Gasteiger partial charge in [-0.05, 0) is 24.3 Å². The summed E-state index contributed by atoms with van der Waals surface area (Å²) in [7, 11) is 0. The lowest BCUT2D eigenvalue weighted by Gasteiger charge is -2.05. The number of nitrogens with one attached hydrogen (secondary N) is 3. The van der Waals surface area contributed by atoms with Crippen LogP contribution >= 0.6 is 11.3 Å². The van der Waals surface area contributed by atoms with E-state index in [1.165, 1.54) is 23.6 Å². The van der Waals surface area contributed by atoms with Crippen molar-refractivity contribution in [1.82, 2.24) is 9.97 Å². The molecule has 0 spiro atoms. The minimum Gasteiger partial charge on any atom is -0.454 e. The topological polar surface area (TPSA) is 122 Å². The lowest BCUT2D eigenvalue weighted by molar-refractivity contribution is -0.115. The van der Waals surface area contributed by atoms with Crippen LogP contribution in [0.25, 0.3) is 0 Å². The first-order chi connectivity index (χ1) is 13.6. The monoisotopic (exact) mass is 398 g/mol. The molecule has 1 aliphatic heterocycles. The van der Waals surface area contributed by atoms with Crippen molar-refractivity contribution in [2.75, 3.05) is 17.4 Å². The fourth-order valence-corrected chi connectivity index (χ4v) is 3.26. The summed E-state index contributed by atoms with van der Waals surface area (Å²) in [4.78, 5) is 42.7. The molecule has 0 atom stereocenters. The zero-order chi connectivity index (χ0) is 19.5. The number of H-pyrrole nitrogens is 1. The molecular formula is C18H14N4O5S. The van der Waals surface area contributed by atoms with Crippen molar-refractivity contribution >= 4 is 34.0 Å². The van der Waals surface area contributed by atoms with Crippen LogP contribution in [-0.2, 0) is 11.2 Å². The molecule has 142 valence electrons. The molecule has 2 aromatic heterocycles. The first kappa shape index (κ1) is 17.7. The van der Waals surface area contributed by atoms with E-state index in [2.05, 4.69) is 20.6 Å². The van der Waals surface area contributed by atoms with Gasteiger partial charge in [0.05, 0.1) is 12.1 Å². The van der Waals surface area contributed by atoms with E-state index in [4.69, 9.17) is 9.47 Å². The number of hydrogen-bond donors (Lipinski definition) is 3. The van der Waals surface area contributed by atoms with Crippen molar-refractivity contribution < 1.29 is 19.1 Å². The van der Waals surface area contributed by atoms with Crippen molar-refractivity contribution in [2.24, 2.45) is 0 Å². The Morgan fingerprint density at radius 2 is 2.04 bits per heavy atom. The summed E-state index contributed by atoms with van der Waals surface area (Å²) >= 11 is 1.17. The number of pyridine rings is 1. The number of carbonyl (C=O) groups is 2. The lowest BCUT2D eigenvalue weighted by atomic mass is 10.2. The van der Waals surface area contributed by atoms with Crippen LogP contribution in [-0.4, -0.2) is 28.6 Å². The standard InChI is InChI=1S/C18H14N4O5S/c23-15(20-10-3-4-13-14(6-10)27-9-26-13)7-11-8-28-18(21-11)22-17(25)12-2-1-5-19-16(12)24/h1-6,8H,7,9H2,(H,19,24)(H,20,23)(H,21,22,25). The highest BCUT2D eigenvalue weighted by Crippen LogP contribution is 2.34. The van der Waals surface area contributed by atoms with E-state index in [1.54, 1.807) is 29.6 Å². The van der Waals surface area contributed by atoms with Crippen molar-refractivity contribution in [3.63, 3.8) is 0 Å². The molecule has 3 aromatic rings. The van der Waals surface area contributed by atoms with Gasteiger partial charge in [0.1, 0.15) is 5.56 Å². The molecule has 0 aliphatic carbocycles. The molecule has 28 heavy (non-hydrogen) atoms. The molecule has 0 saturated carbocycles. The van der Waals surface area contributed by atoms with Gasteiger partial charge in [-0.25, -0.2) is 4.98 Å². The normalized spacial score (nSPS) is 11.9. The highest BCUT2D eigenvalue weighted by atomic mass is 32.1. The number of amides is 2. The predicted octanol–water partition coefficient (Wildman–Crippen LogP) is 1.99. The largest absolute Gasteiger partial charge is 0.454 e. The fourth-order valence-electron chi connectivity index (χ4n) is 2.55. The van der Waals surface area contributed by atoms with Gasteiger partial charge in [0.2, 0.25) is 12.7 Å². The average Bonchev–Trinajstić information content (AvgIpc) is 3.30. The molecule has 0 radical (unpaired) electrons. The second kappa shape index (κ2) is 7.53. The van der Waals surface area contributed by atoms with Gasteiger partial charge in [0, 0.05) is 23.3 Å². The summed E-state index contributed by atoms with van der Waals surface area (Å²) < 4.78 is 10.5. The number of aromatic amines is 1. The number of ether oxygens (including phenoxy) is 2. The summed E-state index contributed by atoms with van der Waals surface area (Å²) in [6.45, 7) is 0.162. The van der Waals surface area contributed by atoms with Gasteiger partial charge < -0.3 is 19.8 Å². The number of rotatable bonds is 5. The van der Waals surface area contributed by atoms with Gasteiger partial charge in [0.25, 0.3) is 11.5 Å². The number of nitrogens with zero attached hydrogens (tertiary/aromatic N) is 1. The molecule has 9 nitrogen and oxygen atoms in total. The lowest BCUT2D eigenvalue weighted by Crippen LogP contribution is -2.22. The first-order valence-electron chi connectivity index (χ1n) is 8.21. The van der Waals surface area contributed by atoms with Gasteiger partial charge in [-0.15, -0.1) is 11.3 Å². The smallest absolute Gasteiger partial charge is 0.263 e. The summed E-state index contributed by atoms with van der Waals surface area (Å²) in [5.74, 6) is 0.386. The second-order valence-electron chi connectivity index (χ2n) is 5.80. The number of anilines is 2. The molecule has 4 rings (SSSR count). The number of hydrogen-bond acceptors (Lipinski definition) is 7. The Morgan fingerprint density at radius 1 is 1.18 bits per heavy atom. The van der Waals surface area contributed by atoms with Gasteiger partial charge in [-0.2, -0.15) is 0 Å². The number of benzene rings is 1. The first-order valence-corrected chi connectivity index (χ1v) is 9.09. The SMILES string of the molecule is O=C(Cc1csc(NC(=O)c2ccc[nH]c2=O)n1)Nc1ccc2c(c1)OCO2. The van der Waals surface area contributed by atoms with Crippen molar-refractivity contribution in [1.29, 1.82) is 0 Å². The van der Waals surface area contributed by atoms with E-state index in [-0.39, 0.29) is 24.7 Å². The maximum absolute atomic E-state index is 12.2. The number of fused-ring (bicyclic) bond motifs is 1. The Hall–Kier alpha value is -3.66. The van der Waals surface area contributed by atoms with Crippen LogP contribution in [0.1, 0.15) is 16.1 Å². The highest BCUT2D eigenvalue weighted by Gasteiger charge is 2.16. The van der Waals surface area contributed by atoms with Crippen LogP contribution in [0.15, 0.2) is 46.7 Å². The zero-order valence-corrected chi connectivity index (χ0v) is 15.2. The van der Waals surface area contributed by atoms with Crippen LogP contribution in [0.2, 0.25) is 0 Å². The van der Waals surface area contributed by atoms with Gasteiger partial charge in [-0.1, -0.05) is 0 Å². The van der Waals surface area contributed by atoms with Crippen molar-refractivity contribution in [3.05, 3.63) is 63.5 Å². The van der Waals surface area contributed by atoms with E-state index in [1.807, 2.05) is 0 Å². The zero-order valence-electron chi connectivity index (χ0n) is 14.4. The maximum atomic E-state index is 12.2.